The second-order valence-electron chi connectivity index (χ2n) is 8.18. The van der Waals surface area contributed by atoms with E-state index in [0.29, 0.717) is 30.0 Å². The minimum absolute atomic E-state index is 0.157. The van der Waals surface area contributed by atoms with Crippen molar-refractivity contribution in [1.29, 1.82) is 0 Å². The molecule has 0 atom stereocenters. The number of carbonyl (C=O) groups is 1. The van der Waals surface area contributed by atoms with E-state index in [1.165, 1.54) is 0 Å². The number of ether oxygens (including phenoxy) is 1. The van der Waals surface area contributed by atoms with Crippen molar-refractivity contribution in [2.24, 2.45) is 0 Å². The summed E-state index contributed by atoms with van der Waals surface area (Å²) in [7, 11) is 0. The van der Waals surface area contributed by atoms with Crippen LogP contribution in [0, 0.1) is 0 Å². The zero-order valence-corrected chi connectivity index (χ0v) is 17.3. The SMILES string of the molecule is CC(C)(C)OC(=O)CCN1CCN(c2cc(-c3ccccc3O)nnc2N)CC1. The van der Waals surface area contributed by atoms with Gasteiger partial charge in [0.25, 0.3) is 0 Å². The second kappa shape index (κ2) is 8.65. The van der Waals surface area contributed by atoms with Crippen LogP contribution in [0.5, 0.6) is 5.75 Å². The molecule has 0 aliphatic carbocycles. The highest BCUT2D eigenvalue weighted by Gasteiger charge is 2.22. The number of hydrogen-bond acceptors (Lipinski definition) is 8. The predicted molar refractivity (Wildman–Crippen MR) is 113 cm³/mol. The Bertz CT molecular complexity index is 858. The number of phenols is 1. The van der Waals surface area contributed by atoms with Gasteiger partial charge in [0.1, 0.15) is 11.4 Å². The van der Waals surface area contributed by atoms with Crippen LogP contribution in [0.1, 0.15) is 27.2 Å². The van der Waals surface area contributed by atoms with Crippen molar-refractivity contribution in [3.05, 3.63) is 30.3 Å². The van der Waals surface area contributed by atoms with Gasteiger partial charge in [0.05, 0.1) is 17.8 Å². The molecule has 8 nitrogen and oxygen atoms in total. The van der Waals surface area contributed by atoms with Gasteiger partial charge in [0.2, 0.25) is 0 Å². The molecule has 0 bridgehead atoms. The van der Waals surface area contributed by atoms with Crippen LogP contribution in [0.3, 0.4) is 0 Å². The highest BCUT2D eigenvalue weighted by Crippen LogP contribution is 2.31. The monoisotopic (exact) mass is 399 g/mol. The fraction of sp³-hybridized carbons (Fsp3) is 0.476. The number of benzene rings is 1. The quantitative estimate of drug-likeness (QED) is 0.738. The molecule has 1 aromatic carbocycles. The normalized spacial score (nSPS) is 15.3. The smallest absolute Gasteiger partial charge is 0.307 e. The highest BCUT2D eigenvalue weighted by atomic mass is 16.6. The molecule has 1 saturated heterocycles. The Balaban J connectivity index is 1.60. The first-order valence-corrected chi connectivity index (χ1v) is 9.83. The van der Waals surface area contributed by atoms with Crippen molar-refractivity contribution in [1.82, 2.24) is 15.1 Å². The third kappa shape index (κ3) is 5.57. The van der Waals surface area contributed by atoms with Gasteiger partial charge < -0.3 is 20.5 Å². The molecular weight excluding hydrogens is 370 g/mol. The molecule has 1 fully saturated rings. The molecule has 0 unspecified atom stereocenters. The molecule has 2 aromatic rings. The molecular formula is C21H29N5O3. The number of aromatic nitrogens is 2. The number of anilines is 2. The summed E-state index contributed by atoms with van der Waals surface area (Å²) >= 11 is 0. The van der Waals surface area contributed by atoms with Crippen molar-refractivity contribution in [2.45, 2.75) is 32.8 Å². The Morgan fingerprint density at radius 2 is 1.86 bits per heavy atom. The van der Waals surface area contributed by atoms with Gasteiger partial charge in [-0.2, -0.15) is 0 Å². The molecule has 3 rings (SSSR count). The molecule has 8 heteroatoms. The third-order valence-electron chi connectivity index (χ3n) is 4.75. The van der Waals surface area contributed by atoms with Crippen LogP contribution in [-0.4, -0.2) is 64.5 Å². The van der Waals surface area contributed by atoms with E-state index < -0.39 is 5.60 Å². The van der Waals surface area contributed by atoms with Crippen LogP contribution in [0.15, 0.2) is 30.3 Å². The van der Waals surface area contributed by atoms with Gasteiger partial charge >= 0.3 is 5.97 Å². The molecule has 156 valence electrons. The number of nitrogens with zero attached hydrogens (tertiary/aromatic N) is 4. The zero-order valence-electron chi connectivity index (χ0n) is 17.3. The van der Waals surface area contributed by atoms with Crippen molar-refractivity contribution in [3.8, 4) is 17.0 Å². The number of para-hydroxylation sites is 1. The summed E-state index contributed by atoms with van der Waals surface area (Å²) < 4.78 is 5.37. The Morgan fingerprint density at radius 3 is 2.52 bits per heavy atom. The summed E-state index contributed by atoms with van der Waals surface area (Å²) in [4.78, 5) is 16.3. The molecule has 1 aliphatic heterocycles. The molecule has 3 N–H and O–H groups in total. The van der Waals surface area contributed by atoms with Crippen LogP contribution in [-0.2, 0) is 9.53 Å². The lowest BCUT2D eigenvalue weighted by molar-refractivity contribution is -0.155. The molecule has 29 heavy (non-hydrogen) atoms. The number of aromatic hydroxyl groups is 1. The van der Waals surface area contributed by atoms with Crippen LogP contribution < -0.4 is 10.6 Å². The number of rotatable bonds is 5. The van der Waals surface area contributed by atoms with E-state index in [1.807, 2.05) is 32.9 Å². The maximum Gasteiger partial charge on any atom is 0.307 e. The van der Waals surface area contributed by atoms with Crippen LogP contribution in [0.2, 0.25) is 0 Å². The molecule has 0 radical (unpaired) electrons. The van der Waals surface area contributed by atoms with E-state index in [4.69, 9.17) is 10.5 Å². The molecule has 1 aromatic heterocycles. The van der Waals surface area contributed by atoms with Crippen LogP contribution >= 0.6 is 0 Å². The maximum atomic E-state index is 11.9. The topological polar surface area (TPSA) is 105 Å². The standard InChI is InChI=1S/C21H29N5O3/c1-21(2,3)29-19(28)8-9-25-10-12-26(13-11-25)17-14-16(23-24-20(17)22)15-6-4-5-7-18(15)27/h4-7,14,27H,8-13H2,1-3H3,(H2,22,24). The molecule has 0 spiro atoms. The molecule has 1 aliphatic rings. The average molecular weight is 399 g/mol. The van der Waals surface area contributed by atoms with Gasteiger partial charge in [-0.05, 0) is 39.0 Å². The number of nitrogen functional groups attached to an aromatic ring is 1. The van der Waals surface area contributed by atoms with Gasteiger partial charge in [-0.1, -0.05) is 12.1 Å². The summed E-state index contributed by atoms with van der Waals surface area (Å²) in [5.74, 6) is 0.352. The number of nitrogens with two attached hydrogens (primary N) is 1. The lowest BCUT2D eigenvalue weighted by Gasteiger charge is -2.36. The van der Waals surface area contributed by atoms with Crippen molar-refractivity contribution in [2.75, 3.05) is 43.4 Å². The van der Waals surface area contributed by atoms with E-state index in [9.17, 15) is 9.90 Å². The summed E-state index contributed by atoms with van der Waals surface area (Å²) in [6.45, 7) is 9.47. The van der Waals surface area contributed by atoms with Gasteiger partial charge in [0.15, 0.2) is 5.82 Å². The fourth-order valence-corrected chi connectivity index (χ4v) is 3.32. The average Bonchev–Trinajstić information content (AvgIpc) is 2.67. The number of esters is 1. The van der Waals surface area contributed by atoms with E-state index in [-0.39, 0.29) is 11.7 Å². The first-order valence-electron chi connectivity index (χ1n) is 9.83. The zero-order chi connectivity index (χ0) is 21.0. The third-order valence-corrected chi connectivity index (χ3v) is 4.75. The minimum Gasteiger partial charge on any atom is -0.507 e. The van der Waals surface area contributed by atoms with E-state index >= 15 is 0 Å². The number of phenolic OH excluding ortho intramolecular Hbond substituents is 1. The van der Waals surface area contributed by atoms with Gasteiger partial charge in [-0.3, -0.25) is 9.69 Å². The van der Waals surface area contributed by atoms with E-state index in [1.54, 1.807) is 18.2 Å². The van der Waals surface area contributed by atoms with Crippen molar-refractivity contribution >= 4 is 17.5 Å². The number of hydrogen-bond donors (Lipinski definition) is 2. The Labute approximate surface area is 171 Å². The van der Waals surface area contributed by atoms with Crippen molar-refractivity contribution < 1.29 is 14.6 Å². The lowest BCUT2D eigenvalue weighted by atomic mass is 10.1. The second-order valence-corrected chi connectivity index (χ2v) is 8.18. The Kier molecular flexibility index (Phi) is 6.22. The molecule has 0 saturated carbocycles. The largest absolute Gasteiger partial charge is 0.507 e. The predicted octanol–water partition coefficient (Wildman–Crippen LogP) is 2.29. The summed E-state index contributed by atoms with van der Waals surface area (Å²) in [5.41, 5.74) is 7.64. The summed E-state index contributed by atoms with van der Waals surface area (Å²) in [5, 5.41) is 18.3. The summed E-state index contributed by atoms with van der Waals surface area (Å²) in [6, 6.07) is 8.90. The van der Waals surface area contributed by atoms with Gasteiger partial charge in [-0.25, -0.2) is 0 Å². The van der Waals surface area contributed by atoms with Crippen molar-refractivity contribution in [3.63, 3.8) is 0 Å². The Hall–Kier alpha value is -2.87. The fourth-order valence-electron chi connectivity index (χ4n) is 3.32. The molecule has 2 heterocycles. The minimum atomic E-state index is -0.452. The van der Waals surface area contributed by atoms with Crippen LogP contribution in [0.4, 0.5) is 11.5 Å². The van der Waals surface area contributed by atoms with Crippen LogP contribution in [0.25, 0.3) is 11.3 Å². The Morgan fingerprint density at radius 1 is 1.17 bits per heavy atom. The molecule has 0 amide bonds. The lowest BCUT2D eigenvalue weighted by Crippen LogP contribution is -2.47. The number of carbonyl (C=O) groups excluding carboxylic acids is 1. The first-order chi connectivity index (χ1) is 13.7. The highest BCUT2D eigenvalue weighted by molar-refractivity contribution is 5.74. The first kappa shape index (κ1) is 20.9. The summed E-state index contributed by atoms with van der Waals surface area (Å²) in [6.07, 6.45) is 0.383. The van der Waals surface area contributed by atoms with Gasteiger partial charge in [-0.15, -0.1) is 10.2 Å². The van der Waals surface area contributed by atoms with E-state index in [2.05, 4.69) is 20.0 Å². The number of piperazine rings is 1. The maximum absolute atomic E-state index is 11.9. The van der Waals surface area contributed by atoms with E-state index in [0.717, 1.165) is 31.9 Å². The van der Waals surface area contributed by atoms with Gasteiger partial charge in [0, 0.05) is 38.3 Å².